The Morgan fingerprint density at radius 2 is 2.00 bits per heavy atom. The highest BCUT2D eigenvalue weighted by Crippen LogP contribution is 2.46. The third kappa shape index (κ3) is 4.12. The van der Waals surface area contributed by atoms with Gasteiger partial charge in [-0.1, -0.05) is 0 Å². The van der Waals surface area contributed by atoms with Gasteiger partial charge in [-0.15, -0.1) is 16.1 Å². The maximum Gasteiger partial charge on any atom is 0.135 e. The van der Waals surface area contributed by atoms with Crippen LogP contribution in [0.4, 0.5) is 5.69 Å². The highest BCUT2D eigenvalue weighted by molar-refractivity contribution is 8.00. The number of anilines is 1. The summed E-state index contributed by atoms with van der Waals surface area (Å²) >= 11 is 3.40. The van der Waals surface area contributed by atoms with Crippen LogP contribution in [0.25, 0.3) is 10.8 Å². The molecule has 2 aliphatic heterocycles. The number of thioether (sulfide) groups is 1. The van der Waals surface area contributed by atoms with E-state index in [0.717, 1.165) is 18.1 Å². The molecule has 6 heteroatoms. The number of aromatic nitrogens is 1. The van der Waals surface area contributed by atoms with Crippen LogP contribution in [0, 0.1) is 11.3 Å². The monoisotopic (exact) mass is 411 g/mol. The first-order valence-electron chi connectivity index (χ1n) is 10.4. The summed E-state index contributed by atoms with van der Waals surface area (Å²) < 4.78 is 2.63. The van der Waals surface area contributed by atoms with Gasteiger partial charge < -0.3 is 5.32 Å². The summed E-state index contributed by atoms with van der Waals surface area (Å²) in [5.41, 5.74) is 2.58. The predicted octanol–water partition coefficient (Wildman–Crippen LogP) is 4.46. The van der Waals surface area contributed by atoms with E-state index in [4.69, 9.17) is 0 Å². The normalized spacial score (nSPS) is 26.4. The minimum absolute atomic E-state index is 0.143. The van der Waals surface area contributed by atoms with Crippen LogP contribution in [-0.4, -0.2) is 38.9 Å². The fourth-order valence-corrected chi connectivity index (χ4v) is 6.87. The summed E-state index contributed by atoms with van der Waals surface area (Å²) in [4.78, 5) is 4.37. The zero-order valence-electron chi connectivity index (χ0n) is 16.1. The van der Waals surface area contributed by atoms with Gasteiger partial charge in [0.2, 0.25) is 0 Å². The lowest BCUT2D eigenvalue weighted by Crippen LogP contribution is -2.39. The van der Waals surface area contributed by atoms with Crippen molar-refractivity contribution in [3.8, 4) is 6.07 Å². The summed E-state index contributed by atoms with van der Waals surface area (Å²) in [6.45, 7) is 2.40. The molecule has 1 N–H and O–H groups in total. The lowest BCUT2D eigenvalue weighted by atomic mass is 10.00. The Labute approximate surface area is 175 Å². The lowest BCUT2D eigenvalue weighted by Gasteiger charge is -2.29. The second-order valence-corrected chi connectivity index (χ2v) is 11.1. The molecule has 28 heavy (non-hydrogen) atoms. The van der Waals surface area contributed by atoms with Gasteiger partial charge in [0, 0.05) is 60.7 Å². The van der Waals surface area contributed by atoms with Gasteiger partial charge in [-0.2, -0.15) is 5.26 Å². The van der Waals surface area contributed by atoms with Crippen LogP contribution in [0.15, 0.2) is 30.6 Å². The molecule has 3 fully saturated rings. The van der Waals surface area contributed by atoms with Crippen molar-refractivity contribution in [1.82, 2.24) is 9.29 Å². The Morgan fingerprint density at radius 3 is 2.75 bits per heavy atom. The molecule has 0 radical (unpaired) electrons. The molecule has 0 amide bonds. The summed E-state index contributed by atoms with van der Waals surface area (Å²) in [7, 11) is 0. The molecule has 1 aromatic carbocycles. The maximum atomic E-state index is 9.26. The second kappa shape index (κ2) is 8.14. The van der Waals surface area contributed by atoms with Gasteiger partial charge in [-0.25, -0.2) is 0 Å². The molecule has 2 unspecified atom stereocenters. The Kier molecular flexibility index (Phi) is 5.41. The zero-order valence-corrected chi connectivity index (χ0v) is 17.8. The molecule has 2 aromatic rings. The van der Waals surface area contributed by atoms with E-state index in [1.165, 1.54) is 60.8 Å². The fourth-order valence-electron chi connectivity index (χ4n) is 4.27. The van der Waals surface area contributed by atoms with Crippen LogP contribution in [0.5, 0.6) is 0 Å². The Morgan fingerprint density at radius 1 is 1.14 bits per heavy atom. The third-order valence-electron chi connectivity index (χ3n) is 6.02. The molecule has 1 aliphatic carbocycles. The van der Waals surface area contributed by atoms with Gasteiger partial charge in [0.1, 0.15) is 5.25 Å². The average molecular weight is 412 g/mol. The Balaban J connectivity index is 1.34. The molecule has 5 rings (SSSR count). The second-order valence-electron chi connectivity index (χ2n) is 8.20. The Hall–Kier alpha value is -1.42. The average Bonchev–Trinajstić information content (AvgIpc) is 3.41. The van der Waals surface area contributed by atoms with E-state index in [-0.39, 0.29) is 5.25 Å². The quantitative estimate of drug-likeness (QED) is 0.581. The predicted molar refractivity (Wildman–Crippen MR) is 121 cm³/mol. The molecule has 2 atom stereocenters. The maximum absolute atomic E-state index is 9.26. The van der Waals surface area contributed by atoms with Crippen molar-refractivity contribution in [1.29, 1.82) is 5.26 Å². The van der Waals surface area contributed by atoms with Gasteiger partial charge in [-0.3, -0.25) is 4.98 Å². The molecule has 146 valence electrons. The van der Waals surface area contributed by atoms with Crippen molar-refractivity contribution in [2.45, 2.75) is 60.3 Å². The largest absolute Gasteiger partial charge is 0.382 e. The number of thiol groups is 1. The van der Waals surface area contributed by atoms with Crippen LogP contribution < -0.4 is 5.32 Å². The number of hydrogen-bond donors (Lipinski definition) is 1. The number of piperidine rings is 1. The SMILES string of the molecule is N#CC1CCC(c2cc(NC3CCN([SH+]C4CC4)CC3)c3cnccc3c2)S1. The molecule has 0 bridgehead atoms. The minimum atomic E-state index is 0.143. The number of fused-ring (bicyclic) bond motifs is 1. The summed E-state index contributed by atoms with van der Waals surface area (Å²) in [6, 6.07) is 9.72. The molecule has 1 saturated carbocycles. The topological polar surface area (TPSA) is 52.0 Å². The van der Waals surface area contributed by atoms with Gasteiger partial charge in [0.05, 0.1) is 23.3 Å². The molecule has 1 aromatic heterocycles. The molecule has 3 heterocycles. The molecular formula is C22H27N4S2+. The van der Waals surface area contributed by atoms with Gasteiger partial charge in [-0.05, 0) is 54.8 Å². The van der Waals surface area contributed by atoms with E-state index in [1.807, 2.05) is 24.2 Å². The molecule has 3 aliphatic rings. The van der Waals surface area contributed by atoms with Crippen LogP contribution in [0.1, 0.15) is 49.3 Å². The van der Waals surface area contributed by atoms with Gasteiger partial charge in [0.15, 0.2) is 0 Å². The minimum Gasteiger partial charge on any atom is -0.382 e. The van der Waals surface area contributed by atoms with E-state index < -0.39 is 0 Å². The Bertz CT molecular complexity index is 884. The van der Waals surface area contributed by atoms with E-state index in [0.29, 0.717) is 11.3 Å². The number of pyridine rings is 1. The summed E-state index contributed by atoms with van der Waals surface area (Å²) in [6.07, 6.45) is 11.2. The lowest BCUT2D eigenvalue weighted by molar-refractivity contribution is 0.356. The number of benzene rings is 1. The van der Waals surface area contributed by atoms with Crippen LogP contribution in [0.2, 0.25) is 0 Å². The molecule has 4 nitrogen and oxygen atoms in total. The van der Waals surface area contributed by atoms with Crippen molar-refractivity contribution < 1.29 is 0 Å². The smallest absolute Gasteiger partial charge is 0.135 e. The molecule has 0 spiro atoms. The number of nitrogens with zero attached hydrogens (tertiary/aromatic N) is 3. The first kappa shape index (κ1) is 18.6. The summed E-state index contributed by atoms with van der Waals surface area (Å²) in [5.74, 6) is 0. The van der Waals surface area contributed by atoms with Crippen LogP contribution in [0.3, 0.4) is 0 Å². The van der Waals surface area contributed by atoms with E-state index in [2.05, 4.69) is 38.9 Å². The standard InChI is InChI=1S/C22H26N4S2/c23-13-19-3-4-22(27-19)16-11-15-5-8-24-14-20(15)21(12-16)25-17-6-9-26(10-7-17)28-18-1-2-18/h5,8,11-12,14,17-19,22,25H,1-4,6-7,9-10H2/p+1. The highest BCUT2D eigenvalue weighted by atomic mass is 32.2. The zero-order chi connectivity index (χ0) is 18.9. The van der Waals surface area contributed by atoms with E-state index in [9.17, 15) is 5.26 Å². The van der Waals surface area contributed by atoms with E-state index in [1.54, 1.807) is 11.9 Å². The number of rotatable bonds is 5. The van der Waals surface area contributed by atoms with Crippen molar-refractivity contribution in [3.63, 3.8) is 0 Å². The number of nitrogens with one attached hydrogen (secondary N) is 1. The fraction of sp³-hybridized carbons (Fsp3) is 0.545. The molecular weight excluding hydrogens is 384 g/mol. The summed E-state index contributed by atoms with van der Waals surface area (Å²) in [5, 5.41) is 17.1. The van der Waals surface area contributed by atoms with Gasteiger partial charge in [0.25, 0.3) is 0 Å². The van der Waals surface area contributed by atoms with Crippen molar-refractivity contribution in [3.05, 3.63) is 36.2 Å². The third-order valence-corrected chi connectivity index (χ3v) is 9.09. The van der Waals surface area contributed by atoms with Crippen molar-refractivity contribution in [2.24, 2.45) is 0 Å². The highest BCUT2D eigenvalue weighted by Gasteiger charge is 2.35. The number of nitriles is 1. The molecule has 2 saturated heterocycles. The first-order chi connectivity index (χ1) is 13.8. The van der Waals surface area contributed by atoms with Gasteiger partial charge >= 0.3 is 0 Å². The van der Waals surface area contributed by atoms with Crippen molar-refractivity contribution in [2.75, 3.05) is 18.4 Å². The van der Waals surface area contributed by atoms with E-state index >= 15 is 0 Å². The van der Waals surface area contributed by atoms with Crippen molar-refractivity contribution >= 4 is 40.2 Å². The van der Waals surface area contributed by atoms with Crippen LogP contribution in [-0.2, 0) is 11.9 Å². The van der Waals surface area contributed by atoms with Crippen LogP contribution >= 0.6 is 11.8 Å². The number of hydrogen-bond acceptors (Lipinski definition) is 5. The first-order valence-corrected chi connectivity index (χ1v) is 12.3.